The van der Waals surface area contributed by atoms with Crippen molar-refractivity contribution >= 4 is 11.3 Å². The second-order valence-electron chi connectivity index (χ2n) is 5.11. The van der Waals surface area contributed by atoms with E-state index in [9.17, 15) is 0 Å². The largest absolute Gasteiger partial charge is 0.308 e. The van der Waals surface area contributed by atoms with Crippen LogP contribution < -0.4 is 5.32 Å². The standard InChI is InChI=1S/C15H23N3S/c1-4-13(3)18-8-7-14(17-18)11-16-12(2)10-15-6-5-9-19-15/h5-9,12-13,16H,4,10-11H2,1-3H3. The molecule has 0 aliphatic heterocycles. The lowest BCUT2D eigenvalue weighted by Crippen LogP contribution is -2.27. The lowest BCUT2D eigenvalue weighted by atomic mass is 10.2. The van der Waals surface area contributed by atoms with Crippen LogP contribution in [0.4, 0.5) is 0 Å². The molecule has 2 unspecified atom stereocenters. The highest BCUT2D eigenvalue weighted by Crippen LogP contribution is 2.12. The Morgan fingerprint density at radius 2 is 2.21 bits per heavy atom. The zero-order valence-electron chi connectivity index (χ0n) is 12.0. The second kappa shape index (κ2) is 6.87. The Labute approximate surface area is 119 Å². The zero-order valence-corrected chi connectivity index (χ0v) is 12.8. The van der Waals surface area contributed by atoms with E-state index in [0.717, 1.165) is 25.1 Å². The van der Waals surface area contributed by atoms with Gasteiger partial charge in [0, 0.05) is 29.7 Å². The summed E-state index contributed by atoms with van der Waals surface area (Å²) in [4.78, 5) is 1.44. The maximum absolute atomic E-state index is 4.61. The lowest BCUT2D eigenvalue weighted by molar-refractivity contribution is 0.467. The summed E-state index contributed by atoms with van der Waals surface area (Å²) in [7, 11) is 0. The normalized spacial score (nSPS) is 14.5. The number of thiophene rings is 1. The van der Waals surface area contributed by atoms with E-state index in [1.807, 2.05) is 11.3 Å². The first-order valence-electron chi connectivity index (χ1n) is 6.98. The van der Waals surface area contributed by atoms with Crippen molar-refractivity contribution in [3.8, 4) is 0 Å². The van der Waals surface area contributed by atoms with E-state index in [1.54, 1.807) is 0 Å². The van der Waals surface area contributed by atoms with Crippen LogP contribution in [0.3, 0.4) is 0 Å². The predicted molar refractivity (Wildman–Crippen MR) is 81.6 cm³/mol. The Bertz CT molecular complexity index is 475. The van der Waals surface area contributed by atoms with Gasteiger partial charge in [0.25, 0.3) is 0 Å². The Balaban J connectivity index is 1.80. The third-order valence-corrected chi connectivity index (χ3v) is 4.32. The zero-order chi connectivity index (χ0) is 13.7. The monoisotopic (exact) mass is 277 g/mol. The minimum Gasteiger partial charge on any atom is -0.308 e. The lowest BCUT2D eigenvalue weighted by Gasteiger charge is -2.12. The average Bonchev–Trinajstić information content (AvgIpc) is 3.06. The SMILES string of the molecule is CCC(C)n1ccc(CNC(C)Cc2cccs2)n1. The molecule has 0 aliphatic carbocycles. The number of aromatic nitrogens is 2. The van der Waals surface area contributed by atoms with Gasteiger partial charge in [0.15, 0.2) is 0 Å². The molecule has 19 heavy (non-hydrogen) atoms. The van der Waals surface area contributed by atoms with Crippen LogP contribution in [0, 0.1) is 0 Å². The van der Waals surface area contributed by atoms with E-state index in [0.29, 0.717) is 12.1 Å². The quantitative estimate of drug-likeness (QED) is 0.837. The topological polar surface area (TPSA) is 29.9 Å². The van der Waals surface area contributed by atoms with Gasteiger partial charge in [-0.05, 0) is 44.2 Å². The Hall–Kier alpha value is -1.13. The van der Waals surface area contributed by atoms with Gasteiger partial charge in [-0.15, -0.1) is 11.3 Å². The summed E-state index contributed by atoms with van der Waals surface area (Å²) in [5, 5.41) is 10.3. The second-order valence-corrected chi connectivity index (χ2v) is 6.14. The third-order valence-electron chi connectivity index (χ3n) is 3.43. The van der Waals surface area contributed by atoms with E-state index in [-0.39, 0.29) is 0 Å². The number of hydrogen-bond donors (Lipinski definition) is 1. The molecular formula is C15H23N3S. The maximum Gasteiger partial charge on any atom is 0.0762 e. The van der Waals surface area contributed by atoms with Crippen LogP contribution in [-0.2, 0) is 13.0 Å². The summed E-state index contributed by atoms with van der Waals surface area (Å²) >= 11 is 1.82. The van der Waals surface area contributed by atoms with E-state index in [2.05, 4.69) is 65.6 Å². The van der Waals surface area contributed by atoms with Gasteiger partial charge in [0.2, 0.25) is 0 Å². The van der Waals surface area contributed by atoms with Crippen LogP contribution in [0.25, 0.3) is 0 Å². The molecule has 0 aliphatic rings. The van der Waals surface area contributed by atoms with Crippen molar-refractivity contribution in [1.29, 1.82) is 0 Å². The van der Waals surface area contributed by atoms with Crippen LogP contribution in [0.2, 0.25) is 0 Å². The van der Waals surface area contributed by atoms with E-state index in [1.165, 1.54) is 4.88 Å². The van der Waals surface area contributed by atoms with Gasteiger partial charge in [0.1, 0.15) is 0 Å². The first-order chi connectivity index (χ1) is 9.19. The molecule has 2 aromatic heterocycles. The molecule has 104 valence electrons. The summed E-state index contributed by atoms with van der Waals surface area (Å²) < 4.78 is 2.06. The molecular weight excluding hydrogens is 254 g/mol. The van der Waals surface area contributed by atoms with Crippen LogP contribution in [-0.4, -0.2) is 15.8 Å². The van der Waals surface area contributed by atoms with Crippen LogP contribution in [0.15, 0.2) is 29.8 Å². The Kier molecular flexibility index (Phi) is 5.16. The Morgan fingerprint density at radius 3 is 2.89 bits per heavy atom. The number of rotatable bonds is 7. The van der Waals surface area contributed by atoms with Crippen molar-refractivity contribution in [3.05, 3.63) is 40.3 Å². The van der Waals surface area contributed by atoms with E-state index < -0.39 is 0 Å². The minimum atomic E-state index is 0.479. The number of nitrogens with zero attached hydrogens (tertiary/aromatic N) is 2. The van der Waals surface area contributed by atoms with Crippen molar-refractivity contribution in [1.82, 2.24) is 15.1 Å². The predicted octanol–water partition coefficient (Wildman–Crippen LogP) is 3.64. The van der Waals surface area contributed by atoms with Gasteiger partial charge in [-0.25, -0.2) is 0 Å². The molecule has 0 aromatic carbocycles. The molecule has 0 amide bonds. The van der Waals surface area contributed by atoms with Crippen molar-refractivity contribution in [2.75, 3.05) is 0 Å². The molecule has 2 heterocycles. The summed E-state index contributed by atoms with van der Waals surface area (Å²) in [6, 6.07) is 7.38. The minimum absolute atomic E-state index is 0.479. The maximum atomic E-state index is 4.61. The molecule has 1 N–H and O–H groups in total. The van der Waals surface area contributed by atoms with Gasteiger partial charge in [-0.1, -0.05) is 13.0 Å². The molecule has 0 bridgehead atoms. The molecule has 0 fully saturated rings. The van der Waals surface area contributed by atoms with E-state index in [4.69, 9.17) is 0 Å². The first kappa shape index (κ1) is 14.3. The van der Waals surface area contributed by atoms with E-state index >= 15 is 0 Å². The van der Waals surface area contributed by atoms with Crippen LogP contribution in [0.1, 0.15) is 43.8 Å². The van der Waals surface area contributed by atoms with Crippen LogP contribution >= 0.6 is 11.3 Å². The molecule has 0 spiro atoms. The fraction of sp³-hybridized carbons (Fsp3) is 0.533. The average molecular weight is 277 g/mol. The molecule has 0 saturated carbocycles. The molecule has 2 aromatic rings. The number of hydrogen-bond acceptors (Lipinski definition) is 3. The summed E-state index contributed by atoms with van der Waals surface area (Å²) in [6.45, 7) is 7.46. The van der Waals surface area contributed by atoms with Gasteiger partial charge < -0.3 is 5.32 Å². The van der Waals surface area contributed by atoms with Gasteiger partial charge in [0.05, 0.1) is 5.69 Å². The molecule has 3 nitrogen and oxygen atoms in total. The highest BCUT2D eigenvalue weighted by molar-refractivity contribution is 7.09. The first-order valence-corrected chi connectivity index (χ1v) is 7.86. The smallest absolute Gasteiger partial charge is 0.0762 e. The summed E-state index contributed by atoms with van der Waals surface area (Å²) in [6.07, 6.45) is 4.28. The summed E-state index contributed by atoms with van der Waals surface area (Å²) in [5.41, 5.74) is 1.12. The highest BCUT2D eigenvalue weighted by Gasteiger charge is 2.07. The molecule has 0 saturated heterocycles. The molecule has 4 heteroatoms. The molecule has 2 atom stereocenters. The van der Waals surface area contributed by atoms with Crippen molar-refractivity contribution in [2.45, 2.75) is 52.2 Å². The van der Waals surface area contributed by atoms with Gasteiger partial charge in [-0.3, -0.25) is 4.68 Å². The third kappa shape index (κ3) is 4.18. The number of nitrogens with one attached hydrogen (secondary N) is 1. The molecule has 0 radical (unpaired) electrons. The Morgan fingerprint density at radius 1 is 1.37 bits per heavy atom. The van der Waals surface area contributed by atoms with Crippen LogP contribution in [0.5, 0.6) is 0 Å². The van der Waals surface area contributed by atoms with Gasteiger partial charge >= 0.3 is 0 Å². The summed E-state index contributed by atoms with van der Waals surface area (Å²) in [5.74, 6) is 0. The van der Waals surface area contributed by atoms with Crippen molar-refractivity contribution in [3.63, 3.8) is 0 Å². The van der Waals surface area contributed by atoms with Crippen molar-refractivity contribution in [2.24, 2.45) is 0 Å². The highest BCUT2D eigenvalue weighted by atomic mass is 32.1. The molecule has 2 rings (SSSR count). The van der Waals surface area contributed by atoms with Crippen molar-refractivity contribution < 1.29 is 0 Å². The fourth-order valence-electron chi connectivity index (χ4n) is 1.99. The van der Waals surface area contributed by atoms with Gasteiger partial charge in [-0.2, -0.15) is 5.10 Å². The fourth-order valence-corrected chi connectivity index (χ4v) is 2.82.